The van der Waals surface area contributed by atoms with Crippen molar-refractivity contribution in [2.75, 3.05) is 0 Å². The fraction of sp³-hybridized carbons (Fsp3) is 0.154. The molecule has 4 heteroatoms. The lowest BCUT2D eigenvalue weighted by atomic mass is 10.1. The van der Waals surface area contributed by atoms with E-state index in [4.69, 9.17) is 34.8 Å². The van der Waals surface area contributed by atoms with Crippen LogP contribution >= 0.6 is 34.8 Å². The fourth-order valence-electron chi connectivity index (χ4n) is 1.51. The van der Waals surface area contributed by atoms with Crippen LogP contribution in [0.4, 0.5) is 0 Å². The second-order valence-corrected chi connectivity index (χ2v) is 5.12. The molecule has 0 aliphatic carbocycles. The average Bonchev–Trinajstić information content (AvgIpc) is 2.27. The van der Waals surface area contributed by atoms with Gasteiger partial charge < -0.3 is 0 Å². The third kappa shape index (κ3) is 2.57. The molecule has 0 atom stereocenters. The number of hydrogen-bond donors (Lipinski definition) is 0. The van der Waals surface area contributed by atoms with E-state index < -0.39 is 0 Å². The molecule has 2 aromatic rings. The van der Waals surface area contributed by atoms with Gasteiger partial charge in [0, 0.05) is 16.8 Å². The predicted molar refractivity (Wildman–Crippen MR) is 74.2 cm³/mol. The molecule has 0 amide bonds. The Morgan fingerprint density at radius 1 is 0.941 bits per heavy atom. The molecule has 0 spiro atoms. The summed E-state index contributed by atoms with van der Waals surface area (Å²) < 4.78 is 0. The normalized spacial score (nSPS) is 10.6. The summed E-state index contributed by atoms with van der Waals surface area (Å²) in [5.41, 5.74) is 3.83. The Labute approximate surface area is 115 Å². The van der Waals surface area contributed by atoms with Gasteiger partial charge in [0.1, 0.15) is 0 Å². The van der Waals surface area contributed by atoms with E-state index in [1.54, 1.807) is 12.1 Å². The van der Waals surface area contributed by atoms with Crippen LogP contribution in [0.5, 0.6) is 0 Å². The summed E-state index contributed by atoms with van der Waals surface area (Å²) in [4.78, 5) is 4.35. The molecule has 0 saturated heterocycles. The van der Waals surface area contributed by atoms with Crippen LogP contribution in [-0.2, 0) is 0 Å². The van der Waals surface area contributed by atoms with Crippen molar-refractivity contribution in [1.29, 1.82) is 0 Å². The number of pyridine rings is 1. The van der Waals surface area contributed by atoms with Crippen LogP contribution in [0.2, 0.25) is 15.1 Å². The lowest BCUT2D eigenvalue weighted by molar-refractivity contribution is 1.22. The van der Waals surface area contributed by atoms with E-state index in [0.29, 0.717) is 15.1 Å². The highest BCUT2D eigenvalue weighted by molar-refractivity contribution is 6.45. The van der Waals surface area contributed by atoms with E-state index in [2.05, 4.69) is 4.98 Å². The molecule has 0 N–H and O–H groups in total. The molecular formula is C13H10Cl3N. The number of aryl methyl sites for hydroxylation is 2. The van der Waals surface area contributed by atoms with Crippen molar-refractivity contribution in [2.45, 2.75) is 13.8 Å². The summed E-state index contributed by atoms with van der Waals surface area (Å²) in [6.45, 7) is 4.04. The minimum absolute atomic E-state index is 0.439. The van der Waals surface area contributed by atoms with Gasteiger partial charge in [0.2, 0.25) is 0 Å². The van der Waals surface area contributed by atoms with E-state index >= 15 is 0 Å². The van der Waals surface area contributed by atoms with Gasteiger partial charge in [-0.15, -0.1) is 0 Å². The van der Waals surface area contributed by atoms with E-state index in [1.165, 1.54) is 0 Å². The molecule has 1 aromatic carbocycles. The van der Waals surface area contributed by atoms with Crippen molar-refractivity contribution < 1.29 is 0 Å². The quantitative estimate of drug-likeness (QED) is 0.646. The van der Waals surface area contributed by atoms with E-state index in [1.807, 2.05) is 26.1 Å². The zero-order chi connectivity index (χ0) is 12.6. The number of nitrogens with zero attached hydrogens (tertiary/aromatic N) is 1. The van der Waals surface area contributed by atoms with Gasteiger partial charge in [0.05, 0.1) is 15.7 Å². The standard InChI is InChI=1S/C13H10Cl3N/c1-7-3-12(17-6-8(7)2)10-4-9(14)5-11(15)13(10)16/h3-6H,1-2H3. The SMILES string of the molecule is Cc1cnc(-c2cc(Cl)cc(Cl)c2Cl)cc1C. The average molecular weight is 287 g/mol. The third-order valence-electron chi connectivity index (χ3n) is 2.64. The van der Waals surface area contributed by atoms with Gasteiger partial charge in [-0.2, -0.15) is 0 Å². The van der Waals surface area contributed by atoms with Crippen molar-refractivity contribution in [3.63, 3.8) is 0 Å². The zero-order valence-corrected chi connectivity index (χ0v) is 11.7. The molecule has 0 radical (unpaired) electrons. The fourth-order valence-corrected chi connectivity index (χ4v) is 2.21. The van der Waals surface area contributed by atoms with E-state index in [9.17, 15) is 0 Å². The van der Waals surface area contributed by atoms with Gasteiger partial charge in [-0.25, -0.2) is 0 Å². The highest BCUT2D eigenvalue weighted by Crippen LogP contribution is 2.35. The topological polar surface area (TPSA) is 12.9 Å². The highest BCUT2D eigenvalue weighted by Gasteiger charge is 2.10. The first-order chi connectivity index (χ1) is 7.99. The molecule has 1 heterocycles. The molecule has 0 aliphatic heterocycles. The maximum absolute atomic E-state index is 6.16. The number of aromatic nitrogens is 1. The van der Waals surface area contributed by atoms with Crippen molar-refractivity contribution >= 4 is 34.8 Å². The smallest absolute Gasteiger partial charge is 0.0720 e. The summed E-state index contributed by atoms with van der Waals surface area (Å²) in [6.07, 6.45) is 1.82. The van der Waals surface area contributed by atoms with Gasteiger partial charge >= 0.3 is 0 Å². The number of benzene rings is 1. The minimum Gasteiger partial charge on any atom is -0.256 e. The number of rotatable bonds is 1. The lowest BCUT2D eigenvalue weighted by Gasteiger charge is -2.08. The van der Waals surface area contributed by atoms with Gasteiger partial charge in [0.15, 0.2) is 0 Å². The monoisotopic (exact) mass is 285 g/mol. The summed E-state index contributed by atoms with van der Waals surface area (Å²) in [5.74, 6) is 0. The molecule has 0 bridgehead atoms. The molecule has 0 saturated carbocycles. The van der Waals surface area contributed by atoms with Gasteiger partial charge in [-0.1, -0.05) is 34.8 Å². The van der Waals surface area contributed by atoms with E-state index in [0.717, 1.165) is 22.4 Å². The van der Waals surface area contributed by atoms with Crippen molar-refractivity contribution in [2.24, 2.45) is 0 Å². The second kappa shape index (κ2) is 4.85. The summed E-state index contributed by atoms with van der Waals surface area (Å²) in [6, 6.07) is 5.37. The molecule has 0 fully saturated rings. The zero-order valence-electron chi connectivity index (χ0n) is 9.39. The van der Waals surface area contributed by atoms with Gasteiger partial charge in [0.25, 0.3) is 0 Å². The molecule has 1 aromatic heterocycles. The molecule has 2 rings (SSSR count). The van der Waals surface area contributed by atoms with Crippen LogP contribution in [0.1, 0.15) is 11.1 Å². The molecule has 1 nitrogen and oxygen atoms in total. The molecule has 0 aliphatic rings. The summed E-state index contributed by atoms with van der Waals surface area (Å²) in [7, 11) is 0. The minimum atomic E-state index is 0.439. The molecular weight excluding hydrogens is 277 g/mol. The second-order valence-electron chi connectivity index (χ2n) is 3.90. The summed E-state index contributed by atoms with van der Waals surface area (Å²) >= 11 is 18.1. The third-order valence-corrected chi connectivity index (χ3v) is 3.66. The molecule has 88 valence electrons. The largest absolute Gasteiger partial charge is 0.256 e. The Morgan fingerprint density at radius 3 is 2.29 bits per heavy atom. The first-order valence-corrected chi connectivity index (χ1v) is 6.20. The first-order valence-electron chi connectivity index (χ1n) is 5.07. The Bertz CT molecular complexity index is 579. The Kier molecular flexibility index (Phi) is 3.62. The van der Waals surface area contributed by atoms with Gasteiger partial charge in [-0.05, 0) is 43.2 Å². The first kappa shape index (κ1) is 12.7. The van der Waals surface area contributed by atoms with Crippen LogP contribution in [0.15, 0.2) is 24.4 Å². The maximum atomic E-state index is 6.16. The Morgan fingerprint density at radius 2 is 1.65 bits per heavy atom. The van der Waals surface area contributed by atoms with Crippen LogP contribution in [-0.4, -0.2) is 4.98 Å². The number of hydrogen-bond acceptors (Lipinski definition) is 1. The van der Waals surface area contributed by atoms with E-state index in [-0.39, 0.29) is 0 Å². The van der Waals surface area contributed by atoms with Crippen molar-refractivity contribution in [3.8, 4) is 11.3 Å². The maximum Gasteiger partial charge on any atom is 0.0720 e. The van der Waals surface area contributed by atoms with Gasteiger partial charge in [-0.3, -0.25) is 4.98 Å². The Balaban J connectivity index is 2.64. The Hall–Kier alpha value is -0.760. The number of halogens is 3. The van der Waals surface area contributed by atoms with Crippen LogP contribution in [0.3, 0.4) is 0 Å². The molecule has 0 unspecified atom stereocenters. The van der Waals surface area contributed by atoms with Crippen molar-refractivity contribution in [1.82, 2.24) is 4.98 Å². The van der Waals surface area contributed by atoms with Crippen LogP contribution in [0.25, 0.3) is 11.3 Å². The van der Waals surface area contributed by atoms with Crippen LogP contribution in [0, 0.1) is 13.8 Å². The van der Waals surface area contributed by atoms with Crippen molar-refractivity contribution in [3.05, 3.63) is 50.6 Å². The predicted octanol–water partition coefficient (Wildman–Crippen LogP) is 5.33. The summed E-state index contributed by atoms with van der Waals surface area (Å²) in [5, 5.41) is 1.47. The lowest BCUT2D eigenvalue weighted by Crippen LogP contribution is -1.89. The highest BCUT2D eigenvalue weighted by atomic mass is 35.5. The van der Waals surface area contributed by atoms with Crippen LogP contribution < -0.4 is 0 Å². The molecule has 17 heavy (non-hydrogen) atoms.